The molecule has 0 saturated carbocycles. The molecule has 2 aromatic heterocycles. The predicted octanol–water partition coefficient (Wildman–Crippen LogP) is 5.42. The third kappa shape index (κ3) is 3.51. The Hall–Kier alpha value is -2.55. The van der Waals surface area contributed by atoms with Crippen molar-refractivity contribution in [2.75, 3.05) is 5.32 Å². The molecule has 0 fully saturated rings. The average Bonchev–Trinajstić information content (AvgIpc) is 3.07. The molecule has 3 rings (SSSR count). The van der Waals surface area contributed by atoms with E-state index in [4.69, 9.17) is 4.52 Å². The van der Waals surface area contributed by atoms with Gasteiger partial charge in [-0.1, -0.05) is 17.3 Å². The monoisotopic (exact) mass is 441 g/mol. The van der Waals surface area contributed by atoms with Gasteiger partial charge in [0, 0.05) is 11.4 Å². The topological polar surface area (TPSA) is 60.1 Å². The highest BCUT2D eigenvalue weighted by atomic mass is 79.9. The van der Waals surface area contributed by atoms with Crippen LogP contribution in [0.3, 0.4) is 0 Å². The Kier molecular flexibility index (Phi) is 4.90. The first-order chi connectivity index (χ1) is 12.6. The van der Waals surface area contributed by atoms with Crippen LogP contribution in [0.1, 0.15) is 33.1 Å². The van der Waals surface area contributed by atoms with E-state index in [-0.39, 0.29) is 17.1 Å². The van der Waals surface area contributed by atoms with Crippen LogP contribution in [-0.2, 0) is 6.18 Å². The van der Waals surface area contributed by atoms with Crippen molar-refractivity contribution in [1.29, 1.82) is 0 Å². The smallest absolute Gasteiger partial charge is 0.358 e. The highest BCUT2D eigenvalue weighted by Crippen LogP contribution is 2.35. The number of halogens is 4. The molecule has 27 heavy (non-hydrogen) atoms. The molecule has 142 valence electrons. The molecule has 0 aliphatic carbocycles. The Labute approximate surface area is 161 Å². The van der Waals surface area contributed by atoms with Gasteiger partial charge in [-0.05, 0) is 54.9 Å². The normalized spacial score (nSPS) is 11.7. The summed E-state index contributed by atoms with van der Waals surface area (Å²) < 4.78 is 47.0. The summed E-state index contributed by atoms with van der Waals surface area (Å²) in [5.74, 6) is 0.209. The van der Waals surface area contributed by atoms with Crippen molar-refractivity contribution in [2.45, 2.75) is 26.9 Å². The van der Waals surface area contributed by atoms with E-state index in [9.17, 15) is 18.0 Å². The van der Waals surface area contributed by atoms with Gasteiger partial charge in [0.05, 0.1) is 16.8 Å². The minimum Gasteiger partial charge on any atom is -0.358 e. The van der Waals surface area contributed by atoms with Gasteiger partial charge in [-0.25, -0.2) is 0 Å². The van der Waals surface area contributed by atoms with Gasteiger partial charge in [-0.2, -0.15) is 13.2 Å². The number of carbonyl (C=O) groups excluding carboxylic acids is 1. The van der Waals surface area contributed by atoms with Crippen LogP contribution in [0.4, 0.5) is 19.0 Å². The number of nitrogens with zero attached hydrogens (tertiary/aromatic N) is 2. The molecule has 2 heterocycles. The van der Waals surface area contributed by atoms with Crippen molar-refractivity contribution >= 4 is 27.7 Å². The molecule has 0 radical (unpaired) electrons. The van der Waals surface area contributed by atoms with E-state index in [1.54, 1.807) is 26.8 Å². The molecule has 1 aromatic carbocycles. The van der Waals surface area contributed by atoms with E-state index >= 15 is 0 Å². The van der Waals surface area contributed by atoms with Crippen molar-refractivity contribution < 1.29 is 22.5 Å². The largest absolute Gasteiger partial charge is 0.418 e. The molecule has 0 unspecified atom stereocenters. The molecular weight excluding hydrogens is 427 g/mol. The second kappa shape index (κ2) is 6.88. The quantitative estimate of drug-likeness (QED) is 0.589. The lowest BCUT2D eigenvalue weighted by atomic mass is 10.1. The SMILES string of the molecule is Cc1onc(NC(=O)c2cc(C)n(-c3ccccc3C(F)(F)F)c2C)c1Br. The van der Waals surface area contributed by atoms with E-state index < -0.39 is 17.6 Å². The molecule has 0 aliphatic rings. The third-order valence-corrected chi connectivity index (χ3v) is 5.08. The zero-order valence-electron chi connectivity index (χ0n) is 14.6. The minimum absolute atomic E-state index is 0.0301. The number of para-hydroxylation sites is 1. The summed E-state index contributed by atoms with van der Waals surface area (Å²) in [6, 6.07) is 6.79. The van der Waals surface area contributed by atoms with Crippen molar-refractivity contribution in [3.8, 4) is 5.69 Å². The maximum atomic E-state index is 13.4. The number of hydrogen-bond acceptors (Lipinski definition) is 3. The Morgan fingerprint density at radius 2 is 1.89 bits per heavy atom. The molecule has 1 amide bonds. The van der Waals surface area contributed by atoms with Gasteiger partial charge >= 0.3 is 6.18 Å². The van der Waals surface area contributed by atoms with Crippen molar-refractivity contribution in [3.63, 3.8) is 0 Å². The third-order valence-electron chi connectivity index (χ3n) is 4.15. The maximum absolute atomic E-state index is 13.4. The van der Waals surface area contributed by atoms with Crippen LogP contribution < -0.4 is 5.32 Å². The minimum atomic E-state index is -4.51. The summed E-state index contributed by atoms with van der Waals surface area (Å²) >= 11 is 3.26. The maximum Gasteiger partial charge on any atom is 0.418 e. The number of nitrogens with one attached hydrogen (secondary N) is 1. The van der Waals surface area contributed by atoms with Crippen LogP contribution in [0.25, 0.3) is 5.69 Å². The first kappa shape index (κ1) is 19.2. The van der Waals surface area contributed by atoms with E-state index in [1.807, 2.05) is 0 Å². The number of hydrogen-bond donors (Lipinski definition) is 1. The fraction of sp³-hybridized carbons (Fsp3) is 0.222. The van der Waals surface area contributed by atoms with E-state index in [0.29, 0.717) is 21.6 Å². The van der Waals surface area contributed by atoms with Crippen LogP contribution in [0.2, 0.25) is 0 Å². The highest BCUT2D eigenvalue weighted by Gasteiger charge is 2.34. The number of carbonyl (C=O) groups is 1. The molecule has 5 nitrogen and oxygen atoms in total. The first-order valence-corrected chi connectivity index (χ1v) is 8.69. The van der Waals surface area contributed by atoms with Crippen LogP contribution in [0.15, 0.2) is 39.3 Å². The lowest BCUT2D eigenvalue weighted by Gasteiger charge is -2.16. The Bertz CT molecular complexity index is 1020. The Morgan fingerprint density at radius 3 is 2.48 bits per heavy atom. The highest BCUT2D eigenvalue weighted by molar-refractivity contribution is 9.10. The van der Waals surface area contributed by atoms with Gasteiger partial charge < -0.3 is 14.4 Å². The predicted molar refractivity (Wildman–Crippen MR) is 97.1 cm³/mol. The molecule has 1 N–H and O–H groups in total. The van der Waals surface area contributed by atoms with Gasteiger partial charge in [-0.3, -0.25) is 4.79 Å². The molecule has 0 bridgehead atoms. The Balaban J connectivity index is 2.04. The van der Waals surface area contributed by atoms with E-state index in [0.717, 1.165) is 6.07 Å². The fourth-order valence-electron chi connectivity index (χ4n) is 2.89. The number of aryl methyl sites for hydroxylation is 2. The summed E-state index contributed by atoms with van der Waals surface area (Å²) in [6.07, 6.45) is -4.51. The fourth-order valence-corrected chi connectivity index (χ4v) is 3.13. The van der Waals surface area contributed by atoms with Gasteiger partial charge in [0.25, 0.3) is 5.91 Å². The molecule has 0 saturated heterocycles. The number of aromatic nitrogens is 2. The van der Waals surface area contributed by atoms with Gasteiger partial charge in [0.15, 0.2) is 5.82 Å². The summed E-state index contributed by atoms with van der Waals surface area (Å²) in [4.78, 5) is 12.6. The van der Waals surface area contributed by atoms with Crippen molar-refractivity contribution in [3.05, 3.63) is 63.1 Å². The number of anilines is 1. The molecular formula is C18H15BrF3N3O2. The number of rotatable bonds is 3. The Morgan fingerprint density at radius 1 is 1.22 bits per heavy atom. The molecule has 0 spiro atoms. The lowest BCUT2D eigenvalue weighted by molar-refractivity contribution is -0.137. The van der Waals surface area contributed by atoms with Gasteiger partial charge in [0.2, 0.25) is 0 Å². The van der Waals surface area contributed by atoms with Crippen molar-refractivity contribution in [1.82, 2.24) is 9.72 Å². The number of alkyl halides is 3. The van der Waals surface area contributed by atoms with E-state index in [1.165, 1.54) is 22.8 Å². The average molecular weight is 442 g/mol. The summed E-state index contributed by atoms with van der Waals surface area (Å²) in [5.41, 5.74) is 0.339. The second-order valence-corrected chi connectivity index (χ2v) is 6.78. The summed E-state index contributed by atoms with van der Waals surface area (Å²) in [6.45, 7) is 4.91. The summed E-state index contributed by atoms with van der Waals surface area (Å²) in [5, 5.41) is 6.33. The zero-order chi connectivity index (χ0) is 19.9. The second-order valence-electron chi connectivity index (χ2n) is 5.99. The molecule has 9 heteroatoms. The molecule has 0 atom stereocenters. The van der Waals surface area contributed by atoms with Crippen LogP contribution in [-0.4, -0.2) is 15.6 Å². The van der Waals surface area contributed by atoms with Gasteiger partial charge in [0.1, 0.15) is 10.2 Å². The lowest BCUT2D eigenvalue weighted by Crippen LogP contribution is -2.15. The van der Waals surface area contributed by atoms with Crippen LogP contribution >= 0.6 is 15.9 Å². The number of amides is 1. The van der Waals surface area contributed by atoms with Crippen LogP contribution in [0, 0.1) is 20.8 Å². The first-order valence-electron chi connectivity index (χ1n) is 7.90. The molecule has 0 aliphatic heterocycles. The molecule has 3 aromatic rings. The summed E-state index contributed by atoms with van der Waals surface area (Å²) in [7, 11) is 0. The van der Waals surface area contributed by atoms with Crippen LogP contribution in [0.5, 0.6) is 0 Å². The van der Waals surface area contributed by atoms with E-state index in [2.05, 4.69) is 26.4 Å². The standard InChI is InChI=1S/C18H15BrF3N3O2/c1-9-8-12(17(26)23-16-15(19)11(3)27-24-16)10(2)25(9)14-7-5-4-6-13(14)18(20,21)22/h4-8H,1-3H3,(H,23,24,26). The zero-order valence-corrected chi connectivity index (χ0v) is 16.2. The van der Waals surface area contributed by atoms with Gasteiger partial charge in [-0.15, -0.1) is 0 Å². The number of benzene rings is 1. The van der Waals surface area contributed by atoms with Crippen molar-refractivity contribution in [2.24, 2.45) is 0 Å².